The second-order valence-electron chi connectivity index (χ2n) is 5.87. The highest BCUT2D eigenvalue weighted by molar-refractivity contribution is 7.14. The number of fused-ring (bicyclic) bond motifs is 1. The maximum absolute atomic E-state index is 12.5. The number of hydrogen-bond donors (Lipinski definition) is 1. The van der Waals surface area contributed by atoms with Gasteiger partial charge in [0.1, 0.15) is 0 Å². The number of amides is 1. The molecule has 1 amide bonds. The molecule has 1 aromatic rings. The third kappa shape index (κ3) is 2.35. The molecular formula is C15H19NO3S. The molecule has 3 rings (SSSR count). The predicted molar refractivity (Wildman–Crippen MR) is 77.2 cm³/mol. The van der Waals surface area contributed by atoms with Crippen molar-refractivity contribution in [1.29, 1.82) is 0 Å². The Hall–Kier alpha value is -1.36. The molecule has 0 saturated carbocycles. The monoisotopic (exact) mass is 293 g/mol. The van der Waals surface area contributed by atoms with Crippen molar-refractivity contribution in [3.05, 3.63) is 21.4 Å². The van der Waals surface area contributed by atoms with Crippen molar-refractivity contribution in [2.75, 3.05) is 13.1 Å². The third-order valence-corrected chi connectivity index (χ3v) is 5.69. The number of thiophene rings is 1. The Morgan fingerprint density at radius 2 is 2.20 bits per heavy atom. The molecule has 1 aliphatic carbocycles. The molecule has 2 unspecified atom stereocenters. The third-order valence-electron chi connectivity index (χ3n) is 4.47. The molecule has 0 aromatic carbocycles. The van der Waals surface area contributed by atoms with Crippen LogP contribution in [0.25, 0.3) is 0 Å². The largest absolute Gasteiger partial charge is 0.481 e. The number of likely N-dealkylation sites (tertiary alicyclic amines) is 1. The average Bonchev–Trinajstić information content (AvgIpc) is 2.97. The van der Waals surface area contributed by atoms with Gasteiger partial charge in [0.25, 0.3) is 5.91 Å². The van der Waals surface area contributed by atoms with E-state index in [1.807, 2.05) is 17.9 Å². The zero-order valence-corrected chi connectivity index (χ0v) is 12.4. The van der Waals surface area contributed by atoms with Crippen molar-refractivity contribution in [3.63, 3.8) is 0 Å². The number of carbonyl (C=O) groups excluding carboxylic acids is 1. The summed E-state index contributed by atoms with van der Waals surface area (Å²) in [6, 6.07) is 2.04. The van der Waals surface area contributed by atoms with Crippen LogP contribution in [0.5, 0.6) is 0 Å². The maximum Gasteiger partial charge on any atom is 0.306 e. The van der Waals surface area contributed by atoms with E-state index in [1.165, 1.54) is 16.9 Å². The van der Waals surface area contributed by atoms with E-state index in [0.29, 0.717) is 19.5 Å². The fourth-order valence-corrected chi connectivity index (χ4v) is 4.51. The Balaban J connectivity index is 1.70. The lowest BCUT2D eigenvalue weighted by Crippen LogP contribution is -2.44. The Bertz CT molecular complexity index is 530. The molecule has 1 N–H and O–H groups in total. The van der Waals surface area contributed by atoms with Crippen LogP contribution in [0.15, 0.2) is 6.07 Å². The van der Waals surface area contributed by atoms with E-state index in [2.05, 4.69) is 0 Å². The van der Waals surface area contributed by atoms with E-state index < -0.39 is 5.97 Å². The number of aryl methyl sites for hydroxylation is 2. The van der Waals surface area contributed by atoms with Crippen LogP contribution in [0.1, 0.15) is 39.9 Å². The maximum atomic E-state index is 12.5. The molecule has 1 aliphatic heterocycles. The summed E-state index contributed by atoms with van der Waals surface area (Å²) in [7, 11) is 0. The van der Waals surface area contributed by atoms with Crippen LogP contribution >= 0.6 is 11.3 Å². The van der Waals surface area contributed by atoms with Crippen molar-refractivity contribution < 1.29 is 14.7 Å². The van der Waals surface area contributed by atoms with Crippen LogP contribution in [0.4, 0.5) is 0 Å². The Kier molecular flexibility index (Phi) is 3.54. The zero-order chi connectivity index (χ0) is 14.3. The van der Waals surface area contributed by atoms with Gasteiger partial charge in [0.15, 0.2) is 0 Å². The fourth-order valence-electron chi connectivity index (χ4n) is 3.29. The lowest BCUT2D eigenvalue weighted by atomic mass is 9.87. The van der Waals surface area contributed by atoms with Gasteiger partial charge in [-0.3, -0.25) is 9.59 Å². The van der Waals surface area contributed by atoms with Crippen LogP contribution in [-0.4, -0.2) is 35.0 Å². The van der Waals surface area contributed by atoms with Gasteiger partial charge in [-0.15, -0.1) is 11.3 Å². The van der Waals surface area contributed by atoms with Crippen molar-refractivity contribution in [3.8, 4) is 0 Å². The lowest BCUT2D eigenvalue weighted by molar-refractivity contribution is -0.145. The summed E-state index contributed by atoms with van der Waals surface area (Å²) in [5.41, 5.74) is 1.34. The van der Waals surface area contributed by atoms with E-state index >= 15 is 0 Å². The average molecular weight is 293 g/mol. The first-order valence-corrected chi connectivity index (χ1v) is 8.01. The van der Waals surface area contributed by atoms with E-state index in [9.17, 15) is 9.59 Å². The van der Waals surface area contributed by atoms with Crippen LogP contribution in [0, 0.1) is 11.8 Å². The number of carboxylic acid groups (broad SMARTS) is 1. The molecule has 4 nitrogen and oxygen atoms in total. The molecule has 1 fully saturated rings. The molecule has 0 spiro atoms. The Morgan fingerprint density at radius 1 is 1.40 bits per heavy atom. The minimum atomic E-state index is -0.736. The number of aliphatic carboxylic acids is 1. The molecule has 0 radical (unpaired) electrons. The van der Waals surface area contributed by atoms with Gasteiger partial charge in [0.05, 0.1) is 10.8 Å². The minimum absolute atomic E-state index is 0.0250. The standard InChI is InChI=1S/C15H19NO3S/c1-9-8-16(6-5-11(9)15(18)19)14(17)13-7-10-3-2-4-12(10)20-13/h7,9,11H,2-6,8H2,1H3,(H,18,19). The summed E-state index contributed by atoms with van der Waals surface area (Å²) in [5.74, 6) is -0.941. The molecule has 1 aromatic heterocycles. The lowest BCUT2D eigenvalue weighted by Gasteiger charge is -2.34. The first-order valence-electron chi connectivity index (χ1n) is 7.20. The van der Waals surface area contributed by atoms with Gasteiger partial charge < -0.3 is 10.0 Å². The number of hydrogen-bond acceptors (Lipinski definition) is 3. The second kappa shape index (κ2) is 5.20. The Morgan fingerprint density at radius 3 is 2.85 bits per heavy atom. The highest BCUT2D eigenvalue weighted by Gasteiger charge is 2.34. The Labute approximate surface area is 122 Å². The van der Waals surface area contributed by atoms with Crippen molar-refractivity contribution >= 4 is 23.2 Å². The normalized spacial score (nSPS) is 25.6. The number of carbonyl (C=O) groups is 2. The summed E-state index contributed by atoms with van der Waals surface area (Å²) in [5, 5.41) is 9.13. The van der Waals surface area contributed by atoms with Gasteiger partial charge >= 0.3 is 5.97 Å². The van der Waals surface area contributed by atoms with Gasteiger partial charge in [-0.1, -0.05) is 6.92 Å². The van der Waals surface area contributed by atoms with Crippen molar-refractivity contribution in [2.45, 2.75) is 32.6 Å². The van der Waals surface area contributed by atoms with Gasteiger partial charge in [0.2, 0.25) is 0 Å². The van der Waals surface area contributed by atoms with Crippen molar-refractivity contribution in [1.82, 2.24) is 4.90 Å². The van der Waals surface area contributed by atoms with E-state index in [0.717, 1.165) is 17.7 Å². The van der Waals surface area contributed by atoms with E-state index in [-0.39, 0.29) is 17.7 Å². The first kappa shape index (κ1) is 13.6. The van der Waals surface area contributed by atoms with Gasteiger partial charge in [0, 0.05) is 18.0 Å². The van der Waals surface area contributed by atoms with E-state index in [4.69, 9.17) is 5.11 Å². The van der Waals surface area contributed by atoms with E-state index in [1.54, 1.807) is 11.3 Å². The summed E-state index contributed by atoms with van der Waals surface area (Å²) < 4.78 is 0. The summed E-state index contributed by atoms with van der Waals surface area (Å²) in [6.07, 6.45) is 3.96. The molecule has 5 heteroatoms. The zero-order valence-electron chi connectivity index (χ0n) is 11.6. The molecule has 2 heterocycles. The minimum Gasteiger partial charge on any atom is -0.481 e. The van der Waals surface area contributed by atoms with Crippen LogP contribution in [0.2, 0.25) is 0 Å². The molecule has 20 heavy (non-hydrogen) atoms. The summed E-state index contributed by atoms with van der Waals surface area (Å²) in [6.45, 7) is 3.04. The fraction of sp³-hybridized carbons (Fsp3) is 0.600. The number of piperidine rings is 1. The molecule has 2 aliphatic rings. The number of carboxylic acids is 1. The highest BCUT2D eigenvalue weighted by atomic mass is 32.1. The van der Waals surface area contributed by atoms with Gasteiger partial charge in [-0.05, 0) is 43.2 Å². The van der Waals surface area contributed by atoms with Gasteiger partial charge in [-0.2, -0.15) is 0 Å². The molecular weight excluding hydrogens is 274 g/mol. The highest BCUT2D eigenvalue weighted by Crippen LogP contribution is 2.32. The summed E-state index contributed by atoms with van der Waals surface area (Å²) in [4.78, 5) is 27.6. The first-order chi connectivity index (χ1) is 9.56. The molecule has 0 bridgehead atoms. The quantitative estimate of drug-likeness (QED) is 0.911. The van der Waals surface area contributed by atoms with Crippen LogP contribution in [0.3, 0.4) is 0 Å². The van der Waals surface area contributed by atoms with Crippen LogP contribution < -0.4 is 0 Å². The molecule has 108 valence electrons. The molecule has 2 atom stereocenters. The smallest absolute Gasteiger partial charge is 0.306 e. The number of nitrogens with zero attached hydrogens (tertiary/aromatic N) is 1. The number of rotatable bonds is 2. The SMILES string of the molecule is CC1CN(C(=O)c2cc3c(s2)CCC3)CCC1C(=O)O. The van der Waals surface area contributed by atoms with Crippen LogP contribution in [-0.2, 0) is 17.6 Å². The topological polar surface area (TPSA) is 57.6 Å². The van der Waals surface area contributed by atoms with Gasteiger partial charge in [-0.25, -0.2) is 0 Å². The predicted octanol–water partition coefficient (Wildman–Crippen LogP) is 2.42. The summed E-state index contributed by atoms with van der Waals surface area (Å²) >= 11 is 1.62. The second-order valence-corrected chi connectivity index (χ2v) is 7.01. The van der Waals surface area contributed by atoms with Crippen molar-refractivity contribution in [2.24, 2.45) is 11.8 Å². The molecule has 1 saturated heterocycles.